The zero-order chi connectivity index (χ0) is 33.1. The van der Waals surface area contributed by atoms with E-state index >= 15 is 0 Å². The first-order valence-corrected chi connectivity index (χ1v) is 17.2. The predicted octanol–water partition coefficient (Wildman–Crippen LogP) is 6.75. The molecule has 0 spiro atoms. The Labute approximate surface area is 280 Å². The molecular weight excluding hydrogens is 645 g/mol. The van der Waals surface area contributed by atoms with Crippen LogP contribution in [-0.2, 0) is 32.6 Å². The number of sulfonamides is 1. The first-order valence-electron chi connectivity index (χ1n) is 15.0. The molecule has 1 atom stereocenters. The van der Waals surface area contributed by atoms with Gasteiger partial charge >= 0.3 is 0 Å². The van der Waals surface area contributed by atoms with Crippen LogP contribution in [0.25, 0.3) is 0 Å². The van der Waals surface area contributed by atoms with Gasteiger partial charge in [-0.05, 0) is 73.0 Å². The summed E-state index contributed by atoms with van der Waals surface area (Å²) in [6.45, 7) is 3.87. The summed E-state index contributed by atoms with van der Waals surface area (Å²) in [5, 5.41) is 3.83. The van der Waals surface area contributed by atoms with Crippen molar-refractivity contribution in [1.82, 2.24) is 10.2 Å². The molecule has 11 heteroatoms. The molecule has 0 aliphatic carbocycles. The number of nitrogens with one attached hydrogen (secondary N) is 1. The van der Waals surface area contributed by atoms with Crippen LogP contribution < -0.4 is 14.4 Å². The van der Waals surface area contributed by atoms with E-state index in [-0.39, 0.29) is 36.1 Å². The van der Waals surface area contributed by atoms with E-state index in [2.05, 4.69) is 5.32 Å². The molecule has 0 heterocycles. The summed E-state index contributed by atoms with van der Waals surface area (Å²) in [6.07, 6.45) is 0.922. The number of anilines is 1. The van der Waals surface area contributed by atoms with Crippen molar-refractivity contribution in [3.63, 3.8) is 0 Å². The average molecular weight is 683 g/mol. The van der Waals surface area contributed by atoms with E-state index < -0.39 is 28.5 Å². The molecule has 4 aromatic carbocycles. The van der Waals surface area contributed by atoms with E-state index in [0.717, 1.165) is 15.4 Å². The number of ether oxygens (including phenoxy) is 1. The van der Waals surface area contributed by atoms with Crippen molar-refractivity contribution in [3.05, 3.63) is 124 Å². The second-order valence-electron chi connectivity index (χ2n) is 10.5. The lowest BCUT2D eigenvalue weighted by Crippen LogP contribution is -2.53. The molecule has 1 N–H and O–H groups in total. The molecule has 242 valence electrons. The van der Waals surface area contributed by atoms with Gasteiger partial charge in [0.05, 0.1) is 17.2 Å². The fourth-order valence-corrected chi connectivity index (χ4v) is 6.57. The van der Waals surface area contributed by atoms with Crippen LogP contribution in [0.15, 0.2) is 108 Å². The number of carbonyl (C=O) groups excluding carboxylic acids is 2. The maximum absolute atomic E-state index is 14.6. The van der Waals surface area contributed by atoms with E-state index in [1.165, 1.54) is 29.2 Å². The number of halogens is 2. The Balaban J connectivity index is 1.82. The molecule has 2 amide bonds. The fourth-order valence-electron chi connectivity index (χ4n) is 4.89. The maximum Gasteiger partial charge on any atom is 0.264 e. The van der Waals surface area contributed by atoms with E-state index in [1.54, 1.807) is 55.5 Å². The van der Waals surface area contributed by atoms with Crippen LogP contribution >= 0.6 is 23.2 Å². The predicted molar refractivity (Wildman–Crippen MR) is 183 cm³/mol. The quantitative estimate of drug-likeness (QED) is 0.150. The molecule has 4 aromatic rings. The molecule has 0 fully saturated rings. The van der Waals surface area contributed by atoms with Gasteiger partial charge in [0.25, 0.3) is 10.0 Å². The second kappa shape index (κ2) is 16.5. The zero-order valence-electron chi connectivity index (χ0n) is 25.7. The van der Waals surface area contributed by atoms with Crippen LogP contribution in [0.3, 0.4) is 0 Å². The molecular formula is C35H37Cl2N3O5S. The van der Waals surface area contributed by atoms with Gasteiger partial charge in [-0.3, -0.25) is 13.9 Å². The first-order chi connectivity index (χ1) is 22.1. The molecule has 4 rings (SSSR count). The number of benzene rings is 4. The number of amides is 2. The minimum absolute atomic E-state index is 0.0367. The fraction of sp³-hybridized carbons (Fsp3) is 0.257. The van der Waals surface area contributed by atoms with Crippen molar-refractivity contribution in [1.29, 1.82) is 0 Å². The van der Waals surface area contributed by atoms with Crippen LogP contribution in [0.4, 0.5) is 5.69 Å². The molecule has 0 saturated heterocycles. The van der Waals surface area contributed by atoms with Gasteiger partial charge in [-0.2, -0.15) is 0 Å². The largest absolute Gasteiger partial charge is 0.492 e. The maximum atomic E-state index is 14.6. The van der Waals surface area contributed by atoms with Gasteiger partial charge < -0.3 is 15.0 Å². The molecule has 0 saturated carbocycles. The van der Waals surface area contributed by atoms with Gasteiger partial charge in [0.2, 0.25) is 11.8 Å². The van der Waals surface area contributed by atoms with Crippen molar-refractivity contribution in [2.24, 2.45) is 0 Å². The normalized spacial score (nSPS) is 11.8. The molecule has 46 heavy (non-hydrogen) atoms. The number of hydrogen-bond acceptors (Lipinski definition) is 5. The Morgan fingerprint density at radius 2 is 1.41 bits per heavy atom. The lowest BCUT2D eigenvalue weighted by Gasteiger charge is -2.34. The van der Waals surface area contributed by atoms with Crippen molar-refractivity contribution >= 4 is 50.7 Å². The number of rotatable bonds is 15. The monoisotopic (exact) mass is 681 g/mol. The number of para-hydroxylation sites is 2. The Morgan fingerprint density at radius 1 is 0.804 bits per heavy atom. The van der Waals surface area contributed by atoms with Crippen LogP contribution in [0, 0.1) is 0 Å². The molecule has 0 bridgehead atoms. The van der Waals surface area contributed by atoms with Crippen molar-refractivity contribution in [2.75, 3.05) is 24.0 Å². The average Bonchev–Trinajstić information content (AvgIpc) is 3.06. The summed E-state index contributed by atoms with van der Waals surface area (Å²) < 4.78 is 35.3. The summed E-state index contributed by atoms with van der Waals surface area (Å²) in [6, 6.07) is 27.8. The van der Waals surface area contributed by atoms with Crippen LogP contribution in [0.1, 0.15) is 31.4 Å². The third-order valence-corrected chi connectivity index (χ3v) is 9.48. The lowest BCUT2D eigenvalue weighted by molar-refractivity contribution is -0.140. The van der Waals surface area contributed by atoms with Gasteiger partial charge in [-0.15, -0.1) is 0 Å². The molecule has 0 aliphatic heterocycles. The highest BCUT2D eigenvalue weighted by Crippen LogP contribution is 2.33. The van der Waals surface area contributed by atoms with Gasteiger partial charge in [-0.25, -0.2) is 8.42 Å². The topological polar surface area (TPSA) is 96.0 Å². The molecule has 0 aromatic heterocycles. The second-order valence-corrected chi connectivity index (χ2v) is 13.2. The zero-order valence-corrected chi connectivity index (χ0v) is 28.1. The summed E-state index contributed by atoms with van der Waals surface area (Å²) in [7, 11) is -4.31. The van der Waals surface area contributed by atoms with E-state index in [1.807, 2.05) is 37.3 Å². The molecule has 8 nitrogen and oxygen atoms in total. The SMILES string of the molecule is CCCNC(=O)[C@@H](Cc1ccccc1)N(Cc1ccc(Cl)cc1)C(=O)CN(c1ccccc1OCC)S(=O)(=O)c1ccc(Cl)cc1. The Bertz CT molecular complexity index is 1700. The molecule has 0 unspecified atom stereocenters. The van der Waals surface area contributed by atoms with Crippen LogP contribution in [0.5, 0.6) is 5.75 Å². The third kappa shape index (κ3) is 9.02. The Hall–Kier alpha value is -4.05. The molecule has 0 radical (unpaired) electrons. The number of carbonyl (C=O) groups is 2. The first kappa shape index (κ1) is 34.8. The highest BCUT2D eigenvalue weighted by Gasteiger charge is 2.35. The number of nitrogens with zero attached hydrogens (tertiary/aromatic N) is 2. The number of hydrogen-bond donors (Lipinski definition) is 1. The lowest BCUT2D eigenvalue weighted by atomic mass is 10.0. The summed E-state index contributed by atoms with van der Waals surface area (Å²) in [4.78, 5) is 29.7. The van der Waals surface area contributed by atoms with Crippen molar-refractivity contribution < 1.29 is 22.7 Å². The Kier molecular flexibility index (Phi) is 12.5. The highest BCUT2D eigenvalue weighted by molar-refractivity contribution is 7.92. The highest BCUT2D eigenvalue weighted by atomic mass is 35.5. The van der Waals surface area contributed by atoms with E-state index in [0.29, 0.717) is 28.8 Å². The van der Waals surface area contributed by atoms with Gasteiger partial charge in [0, 0.05) is 29.6 Å². The Morgan fingerprint density at radius 3 is 2.04 bits per heavy atom. The van der Waals surface area contributed by atoms with Crippen molar-refractivity contribution in [2.45, 2.75) is 44.2 Å². The molecule has 0 aliphatic rings. The van der Waals surface area contributed by atoms with E-state index in [4.69, 9.17) is 27.9 Å². The standard InChI is InChI=1S/C35H37Cl2N3O5S/c1-3-22-38-35(42)32(23-26-10-6-5-7-11-26)39(24-27-14-16-28(36)17-15-27)34(41)25-40(31-12-8-9-13-33(31)45-4-2)46(43,44)30-20-18-29(37)19-21-30/h5-21,32H,3-4,22-25H2,1-2H3,(H,38,42)/t32-/m1/s1. The summed E-state index contributed by atoms with van der Waals surface area (Å²) in [5.74, 6) is -0.623. The van der Waals surface area contributed by atoms with Crippen molar-refractivity contribution in [3.8, 4) is 5.75 Å². The van der Waals surface area contributed by atoms with Gasteiger partial charge in [0.15, 0.2) is 0 Å². The van der Waals surface area contributed by atoms with Crippen LogP contribution in [-0.4, -0.2) is 50.9 Å². The van der Waals surface area contributed by atoms with Crippen LogP contribution in [0.2, 0.25) is 10.0 Å². The smallest absolute Gasteiger partial charge is 0.264 e. The minimum Gasteiger partial charge on any atom is -0.492 e. The minimum atomic E-state index is -4.31. The van der Waals surface area contributed by atoms with Gasteiger partial charge in [0.1, 0.15) is 18.3 Å². The third-order valence-electron chi connectivity index (χ3n) is 7.20. The van der Waals surface area contributed by atoms with Gasteiger partial charge in [-0.1, -0.05) is 84.7 Å². The van der Waals surface area contributed by atoms with E-state index in [9.17, 15) is 18.0 Å². The summed E-state index contributed by atoms with van der Waals surface area (Å²) >= 11 is 12.2. The summed E-state index contributed by atoms with van der Waals surface area (Å²) in [5.41, 5.74) is 1.76.